The summed E-state index contributed by atoms with van der Waals surface area (Å²) in [6, 6.07) is 25.3. The Morgan fingerprint density at radius 2 is 1.46 bits per heavy atom. The fraction of sp³-hybridized carbons (Fsp3) is 0.333. The van der Waals surface area contributed by atoms with Crippen LogP contribution in [0.15, 0.2) is 84.9 Å². The molecule has 0 aliphatic heterocycles. The third kappa shape index (κ3) is 9.61. The maximum absolute atomic E-state index is 13.2. The molecule has 0 aromatic heterocycles. The van der Waals surface area contributed by atoms with Crippen molar-refractivity contribution in [2.24, 2.45) is 0 Å². The minimum Gasteiger partial charge on any atom is -0.491 e. The van der Waals surface area contributed by atoms with Crippen molar-refractivity contribution in [3.8, 4) is 5.75 Å². The Morgan fingerprint density at radius 3 is 2.05 bits per heavy atom. The average molecular weight is 505 g/mol. The second-order valence-corrected chi connectivity index (χ2v) is 9.06. The van der Waals surface area contributed by atoms with Crippen LogP contribution in [-0.4, -0.2) is 53.8 Å². The molecule has 7 nitrogen and oxygen atoms in total. The predicted octanol–water partition coefficient (Wildman–Crippen LogP) is 4.37. The lowest BCUT2D eigenvalue weighted by atomic mass is 10.1. The van der Waals surface area contributed by atoms with Crippen LogP contribution in [0.3, 0.4) is 0 Å². The van der Waals surface area contributed by atoms with Crippen molar-refractivity contribution in [1.29, 1.82) is 0 Å². The number of carbonyl (C=O) groups excluding carboxylic acids is 2. The number of rotatable bonds is 13. The number of hydrogen-bond acceptors (Lipinski definition) is 5. The summed E-state index contributed by atoms with van der Waals surface area (Å²) < 4.78 is 11.3. The van der Waals surface area contributed by atoms with Gasteiger partial charge in [0, 0.05) is 19.5 Å². The van der Waals surface area contributed by atoms with Gasteiger partial charge in [0.25, 0.3) is 0 Å². The lowest BCUT2D eigenvalue weighted by Crippen LogP contribution is -2.50. The maximum atomic E-state index is 13.2. The smallest absolute Gasteiger partial charge is 0.329 e. The van der Waals surface area contributed by atoms with Crippen molar-refractivity contribution in [2.45, 2.75) is 45.4 Å². The largest absolute Gasteiger partial charge is 0.491 e. The molecule has 0 bridgehead atoms. The van der Waals surface area contributed by atoms with E-state index in [2.05, 4.69) is 5.32 Å². The molecule has 0 heterocycles. The summed E-state index contributed by atoms with van der Waals surface area (Å²) in [4.78, 5) is 27.8. The quantitative estimate of drug-likeness (QED) is 0.338. The van der Waals surface area contributed by atoms with Gasteiger partial charge in [0.15, 0.2) is 0 Å². The minimum atomic E-state index is -0.897. The highest BCUT2D eigenvalue weighted by molar-refractivity contribution is 5.84. The van der Waals surface area contributed by atoms with E-state index in [0.717, 1.165) is 22.4 Å². The fourth-order valence-electron chi connectivity index (χ4n) is 3.82. The first kappa shape index (κ1) is 27.7. The predicted molar refractivity (Wildman–Crippen MR) is 143 cm³/mol. The zero-order valence-electron chi connectivity index (χ0n) is 21.5. The van der Waals surface area contributed by atoms with Crippen molar-refractivity contribution >= 4 is 12.0 Å². The van der Waals surface area contributed by atoms with Crippen LogP contribution in [0.25, 0.3) is 0 Å². The van der Waals surface area contributed by atoms with Crippen molar-refractivity contribution in [3.05, 3.63) is 102 Å². The fourth-order valence-corrected chi connectivity index (χ4v) is 3.82. The Morgan fingerprint density at radius 1 is 0.838 bits per heavy atom. The summed E-state index contributed by atoms with van der Waals surface area (Å²) >= 11 is 0. The van der Waals surface area contributed by atoms with E-state index < -0.39 is 18.0 Å². The average Bonchev–Trinajstić information content (AvgIpc) is 2.91. The Bertz CT molecular complexity index is 1090. The number of aliphatic hydroxyl groups excluding tert-OH is 1. The highest BCUT2D eigenvalue weighted by Gasteiger charge is 2.25. The first-order valence-electron chi connectivity index (χ1n) is 12.6. The third-order valence-corrected chi connectivity index (χ3v) is 5.71. The Balaban J connectivity index is 1.70. The molecule has 2 N–H and O–H groups in total. The molecule has 0 spiro atoms. The van der Waals surface area contributed by atoms with Gasteiger partial charge < -0.3 is 24.8 Å². The zero-order valence-corrected chi connectivity index (χ0v) is 21.5. The molecular weight excluding hydrogens is 468 g/mol. The van der Waals surface area contributed by atoms with Crippen molar-refractivity contribution < 1.29 is 24.2 Å². The summed E-state index contributed by atoms with van der Waals surface area (Å²) in [6.07, 6.45) is 0.945. The van der Waals surface area contributed by atoms with E-state index in [9.17, 15) is 14.7 Å². The van der Waals surface area contributed by atoms with Crippen molar-refractivity contribution in [1.82, 2.24) is 10.2 Å². The molecule has 0 aliphatic carbocycles. The van der Waals surface area contributed by atoms with Crippen molar-refractivity contribution in [3.63, 3.8) is 0 Å². The molecule has 2 amide bonds. The standard InChI is InChI=1S/C30H36N2O5/c1-23(2)37-27-15-13-25(14-16-27)21-28(29(34)36-22-26-11-7-4-8-12-26)31-30(35)32(19-20-33)18-17-24-9-5-3-6-10-24/h3-16,23,28,33H,17-22H2,1-2H3,(H,31,35)/t28-/m0/s1. The number of carbonyl (C=O) groups is 2. The second kappa shape index (κ2) is 14.7. The number of amides is 2. The summed E-state index contributed by atoms with van der Waals surface area (Å²) in [5.74, 6) is 0.216. The molecule has 0 saturated heterocycles. The highest BCUT2D eigenvalue weighted by Crippen LogP contribution is 2.16. The summed E-state index contributed by atoms with van der Waals surface area (Å²) in [5.41, 5.74) is 2.80. The number of esters is 1. The van der Waals surface area contributed by atoms with Crippen LogP contribution in [0.1, 0.15) is 30.5 Å². The van der Waals surface area contributed by atoms with E-state index in [1.165, 1.54) is 4.90 Å². The van der Waals surface area contributed by atoms with Gasteiger partial charge in [-0.3, -0.25) is 0 Å². The summed E-state index contributed by atoms with van der Waals surface area (Å²) in [7, 11) is 0. The second-order valence-electron chi connectivity index (χ2n) is 9.06. The van der Waals surface area contributed by atoms with Gasteiger partial charge >= 0.3 is 12.0 Å². The summed E-state index contributed by atoms with van der Waals surface area (Å²) in [6.45, 7) is 4.41. The lowest BCUT2D eigenvalue weighted by molar-refractivity contribution is -0.147. The molecule has 3 aromatic carbocycles. The molecule has 3 rings (SSSR count). The number of hydrogen-bond donors (Lipinski definition) is 2. The number of aliphatic hydroxyl groups is 1. The zero-order chi connectivity index (χ0) is 26.5. The van der Waals surface area contributed by atoms with E-state index in [1.54, 1.807) is 0 Å². The minimum absolute atomic E-state index is 0.0549. The first-order chi connectivity index (χ1) is 17.9. The van der Waals surface area contributed by atoms with Gasteiger partial charge in [0.05, 0.1) is 12.7 Å². The number of urea groups is 1. The molecule has 0 radical (unpaired) electrons. The molecule has 0 aliphatic rings. The van der Waals surface area contributed by atoms with Crippen LogP contribution in [-0.2, 0) is 29.0 Å². The maximum Gasteiger partial charge on any atom is 0.329 e. The van der Waals surface area contributed by atoms with Crippen LogP contribution in [0.2, 0.25) is 0 Å². The summed E-state index contributed by atoms with van der Waals surface area (Å²) in [5, 5.41) is 12.4. The number of nitrogens with zero attached hydrogens (tertiary/aromatic N) is 1. The number of benzene rings is 3. The van der Waals surface area contributed by atoms with Crippen LogP contribution in [0.4, 0.5) is 4.79 Å². The van der Waals surface area contributed by atoms with Gasteiger partial charge in [0.2, 0.25) is 0 Å². The monoisotopic (exact) mass is 504 g/mol. The normalized spacial score (nSPS) is 11.6. The molecule has 0 unspecified atom stereocenters. The highest BCUT2D eigenvalue weighted by atomic mass is 16.5. The molecular formula is C30H36N2O5. The van der Waals surface area contributed by atoms with Crippen molar-refractivity contribution in [2.75, 3.05) is 19.7 Å². The molecule has 7 heteroatoms. The van der Waals surface area contributed by atoms with Crippen LogP contribution in [0, 0.1) is 0 Å². The van der Waals surface area contributed by atoms with Crippen LogP contribution >= 0.6 is 0 Å². The van der Waals surface area contributed by atoms with E-state index in [-0.39, 0.29) is 32.3 Å². The molecule has 0 saturated carbocycles. The molecule has 196 valence electrons. The Hall–Kier alpha value is -3.84. The van der Waals surface area contributed by atoms with Crippen LogP contribution in [0.5, 0.6) is 5.75 Å². The molecule has 37 heavy (non-hydrogen) atoms. The SMILES string of the molecule is CC(C)Oc1ccc(C[C@H](NC(=O)N(CCO)CCc2ccccc2)C(=O)OCc2ccccc2)cc1. The Labute approximate surface area is 219 Å². The topological polar surface area (TPSA) is 88.1 Å². The first-order valence-corrected chi connectivity index (χ1v) is 12.6. The van der Waals surface area contributed by atoms with E-state index in [4.69, 9.17) is 9.47 Å². The molecule has 1 atom stereocenters. The van der Waals surface area contributed by atoms with Gasteiger partial charge in [-0.1, -0.05) is 72.8 Å². The lowest BCUT2D eigenvalue weighted by Gasteiger charge is -2.25. The molecule has 3 aromatic rings. The number of nitrogens with one attached hydrogen (secondary N) is 1. The van der Waals surface area contributed by atoms with Gasteiger partial charge in [0.1, 0.15) is 18.4 Å². The van der Waals surface area contributed by atoms with E-state index >= 15 is 0 Å². The molecule has 0 fully saturated rings. The van der Waals surface area contributed by atoms with Gasteiger partial charge in [-0.05, 0) is 49.1 Å². The number of ether oxygens (including phenoxy) is 2. The third-order valence-electron chi connectivity index (χ3n) is 5.71. The van der Waals surface area contributed by atoms with Gasteiger partial charge in [-0.2, -0.15) is 0 Å². The Kier molecular flexibility index (Phi) is 11.0. The van der Waals surface area contributed by atoms with Gasteiger partial charge in [-0.15, -0.1) is 0 Å². The van der Waals surface area contributed by atoms with Crippen LogP contribution < -0.4 is 10.1 Å². The van der Waals surface area contributed by atoms with E-state index in [1.807, 2.05) is 98.8 Å². The van der Waals surface area contributed by atoms with E-state index in [0.29, 0.717) is 13.0 Å². The van der Waals surface area contributed by atoms with Gasteiger partial charge in [-0.25, -0.2) is 9.59 Å².